The number of carbonyl (C=O) groups is 1. The van der Waals surface area contributed by atoms with E-state index in [1.165, 1.54) is 32.1 Å². The van der Waals surface area contributed by atoms with E-state index in [9.17, 15) is 4.79 Å². The van der Waals surface area contributed by atoms with Crippen LogP contribution in [0.25, 0.3) is 0 Å². The molecule has 0 amide bonds. The van der Waals surface area contributed by atoms with Gasteiger partial charge in [0.15, 0.2) is 16.6 Å². The van der Waals surface area contributed by atoms with E-state index in [1.54, 1.807) is 0 Å². The van der Waals surface area contributed by atoms with E-state index >= 15 is 0 Å². The third-order valence-electron chi connectivity index (χ3n) is 11.5. The Balaban J connectivity index is 1.76. The smallest absolute Gasteiger partial charge is 0.305 e. The minimum atomic E-state index is -1.80. The van der Waals surface area contributed by atoms with E-state index < -0.39 is 25.0 Å². The minimum absolute atomic E-state index is 0.0853. The molecule has 42 heavy (non-hydrogen) atoms. The van der Waals surface area contributed by atoms with Gasteiger partial charge in [-0.1, -0.05) is 20.8 Å². The first-order valence-electron chi connectivity index (χ1n) is 17.0. The molecular formula is C34H64O5Si3. The Morgan fingerprint density at radius 1 is 0.929 bits per heavy atom. The average Bonchev–Trinajstić information content (AvgIpc) is 3.19. The van der Waals surface area contributed by atoms with Gasteiger partial charge in [0, 0.05) is 18.9 Å². The summed E-state index contributed by atoms with van der Waals surface area (Å²) in [5, 5.41) is 0. The quantitative estimate of drug-likeness (QED) is 0.177. The van der Waals surface area contributed by atoms with Crippen LogP contribution in [0.15, 0.2) is 11.8 Å². The van der Waals surface area contributed by atoms with Crippen molar-refractivity contribution in [3.8, 4) is 0 Å². The standard InChI is InChI=1S/C34H64O5Si3/c1-23(14-17-31(35)36-4)26-15-16-27-32-28(22-30(34(26,27)3)39-42(11,12)13)33(2)19-18-25(37-40(5,6)7)20-24(33)21-29(32)38-41(8,9)10/h20,23-24,26-30,32H,14-19,21-22H2,1-13H3/t23?,24-,26+,27?,28?,29+,30-,32?,33-,34+/m0/s1. The number of carbonyl (C=O) groups excluding carboxylic acids is 1. The summed E-state index contributed by atoms with van der Waals surface area (Å²) in [7, 11) is -3.71. The molecule has 0 N–H and O–H groups in total. The van der Waals surface area contributed by atoms with Crippen LogP contribution in [0.4, 0.5) is 0 Å². The van der Waals surface area contributed by atoms with Crippen LogP contribution in [0.3, 0.4) is 0 Å². The Kier molecular flexibility index (Phi) is 9.90. The lowest BCUT2D eigenvalue weighted by atomic mass is 9.44. The molecule has 0 aromatic carbocycles. The normalized spacial score (nSPS) is 39.5. The lowest BCUT2D eigenvalue weighted by Gasteiger charge is -2.65. The fourth-order valence-electron chi connectivity index (χ4n) is 9.98. The molecule has 0 heterocycles. The monoisotopic (exact) mass is 636 g/mol. The van der Waals surface area contributed by atoms with E-state index in [0.717, 1.165) is 25.7 Å². The number of esters is 1. The summed E-state index contributed by atoms with van der Waals surface area (Å²) in [4.78, 5) is 12.1. The van der Waals surface area contributed by atoms with Gasteiger partial charge in [-0.3, -0.25) is 4.79 Å². The van der Waals surface area contributed by atoms with Gasteiger partial charge in [-0.25, -0.2) is 0 Å². The van der Waals surface area contributed by atoms with Crippen LogP contribution in [0.1, 0.15) is 72.1 Å². The first-order valence-corrected chi connectivity index (χ1v) is 27.2. The Morgan fingerprint density at radius 3 is 2.14 bits per heavy atom. The van der Waals surface area contributed by atoms with E-state index in [2.05, 4.69) is 85.8 Å². The van der Waals surface area contributed by atoms with E-state index in [4.69, 9.17) is 18.0 Å². The molecule has 3 fully saturated rings. The molecule has 0 aromatic rings. The Labute approximate surface area is 261 Å². The van der Waals surface area contributed by atoms with Gasteiger partial charge in [0.05, 0.1) is 19.0 Å². The average molecular weight is 637 g/mol. The SMILES string of the molecule is COC(=O)CCC(C)[C@H]1CCC2C3C(C[C@H](O[Si](C)(C)C)[C@@]21C)[C@@]1(C)CCC(O[Si](C)(C)C)=C[C@H]1C[C@H]3O[Si](C)(C)C. The highest BCUT2D eigenvalue weighted by Gasteiger charge is 2.66. The lowest BCUT2D eigenvalue weighted by molar-refractivity contribution is -0.184. The molecule has 0 aromatic heterocycles. The maximum atomic E-state index is 12.1. The maximum absolute atomic E-state index is 12.1. The van der Waals surface area contributed by atoms with Crippen molar-refractivity contribution in [1.82, 2.24) is 0 Å². The predicted octanol–water partition coefficient (Wildman–Crippen LogP) is 9.24. The molecule has 3 saturated carbocycles. The van der Waals surface area contributed by atoms with Crippen molar-refractivity contribution >= 4 is 30.9 Å². The second-order valence-corrected chi connectivity index (χ2v) is 31.2. The van der Waals surface area contributed by atoms with E-state index in [-0.39, 0.29) is 22.9 Å². The molecule has 10 atom stereocenters. The van der Waals surface area contributed by atoms with Crippen LogP contribution in [0.5, 0.6) is 0 Å². The Morgan fingerprint density at radius 2 is 1.57 bits per heavy atom. The second kappa shape index (κ2) is 12.1. The van der Waals surface area contributed by atoms with Crippen LogP contribution in [-0.4, -0.2) is 50.2 Å². The Hall–Kier alpha value is -0.419. The van der Waals surface area contributed by atoms with Crippen LogP contribution in [0.2, 0.25) is 58.9 Å². The molecule has 8 heteroatoms. The van der Waals surface area contributed by atoms with Gasteiger partial charge < -0.3 is 18.0 Å². The topological polar surface area (TPSA) is 54.0 Å². The Bertz CT molecular complexity index is 1010. The lowest BCUT2D eigenvalue weighted by Crippen LogP contribution is -2.64. The van der Waals surface area contributed by atoms with Gasteiger partial charge >= 0.3 is 5.97 Å². The minimum Gasteiger partial charge on any atom is -0.548 e. The highest BCUT2D eigenvalue weighted by Crippen LogP contribution is 2.69. The third kappa shape index (κ3) is 7.18. The van der Waals surface area contributed by atoms with Crippen LogP contribution in [0, 0.1) is 46.3 Å². The molecule has 242 valence electrons. The van der Waals surface area contributed by atoms with Crippen molar-refractivity contribution in [3.05, 3.63) is 11.8 Å². The van der Waals surface area contributed by atoms with Crippen LogP contribution in [-0.2, 0) is 22.8 Å². The largest absolute Gasteiger partial charge is 0.548 e. The number of methoxy groups -OCH3 is 1. The summed E-state index contributed by atoms with van der Waals surface area (Å²) in [5.74, 6) is 4.41. The van der Waals surface area contributed by atoms with Gasteiger partial charge in [0.25, 0.3) is 0 Å². The van der Waals surface area contributed by atoms with Crippen molar-refractivity contribution in [2.45, 2.75) is 143 Å². The number of fused-ring (bicyclic) bond motifs is 5. The molecule has 0 aliphatic heterocycles. The van der Waals surface area contributed by atoms with Gasteiger partial charge in [0.1, 0.15) is 0 Å². The summed E-state index contributed by atoms with van der Waals surface area (Å²) < 4.78 is 26.2. The maximum Gasteiger partial charge on any atom is 0.305 e. The molecule has 4 aliphatic carbocycles. The van der Waals surface area contributed by atoms with Crippen molar-refractivity contribution in [2.24, 2.45) is 46.3 Å². The predicted molar refractivity (Wildman–Crippen MR) is 181 cm³/mol. The summed E-state index contributed by atoms with van der Waals surface area (Å²) in [5.41, 5.74) is 0.338. The summed E-state index contributed by atoms with van der Waals surface area (Å²) in [6, 6.07) is 0. The fraction of sp³-hybridized carbons (Fsp3) is 0.912. The zero-order chi connectivity index (χ0) is 31.5. The second-order valence-electron chi connectivity index (χ2n) is 17.9. The number of rotatable bonds is 10. The van der Waals surface area contributed by atoms with Crippen LogP contribution >= 0.6 is 0 Å². The summed E-state index contributed by atoms with van der Waals surface area (Å²) in [6.07, 6.45) is 11.5. The van der Waals surface area contributed by atoms with Crippen molar-refractivity contribution in [2.75, 3.05) is 7.11 Å². The molecule has 4 rings (SSSR count). The molecule has 0 bridgehead atoms. The first-order chi connectivity index (χ1) is 19.2. The molecule has 4 aliphatic rings. The van der Waals surface area contributed by atoms with Crippen molar-refractivity contribution in [3.63, 3.8) is 0 Å². The zero-order valence-electron chi connectivity index (χ0n) is 29.4. The molecule has 0 spiro atoms. The summed E-state index contributed by atoms with van der Waals surface area (Å²) in [6.45, 7) is 28.7. The number of hydrogen-bond donors (Lipinski definition) is 0. The number of ether oxygens (including phenoxy) is 1. The first kappa shape index (κ1) is 34.5. The van der Waals surface area contributed by atoms with Gasteiger partial charge in [-0.05, 0) is 150 Å². The molecule has 0 radical (unpaired) electrons. The van der Waals surface area contributed by atoms with Gasteiger partial charge in [-0.15, -0.1) is 0 Å². The fourth-order valence-corrected chi connectivity index (χ4v) is 13.3. The molecule has 5 nitrogen and oxygen atoms in total. The highest BCUT2D eigenvalue weighted by atomic mass is 28.4. The van der Waals surface area contributed by atoms with E-state index in [0.29, 0.717) is 48.0 Å². The van der Waals surface area contributed by atoms with Crippen LogP contribution < -0.4 is 0 Å². The molecule has 0 saturated heterocycles. The zero-order valence-corrected chi connectivity index (χ0v) is 32.4. The van der Waals surface area contributed by atoms with Gasteiger partial charge in [0.2, 0.25) is 8.32 Å². The van der Waals surface area contributed by atoms with Gasteiger partial charge in [-0.2, -0.15) is 0 Å². The number of hydrogen-bond acceptors (Lipinski definition) is 5. The van der Waals surface area contributed by atoms with E-state index in [1.807, 2.05) is 0 Å². The number of allylic oxidation sites excluding steroid dienone is 2. The summed E-state index contributed by atoms with van der Waals surface area (Å²) >= 11 is 0. The molecule has 4 unspecified atom stereocenters. The van der Waals surface area contributed by atoms with Crippen molar-refractivity contribution < 1.29 is 22.8 Å². The molecular weight excluding hydrogens is 573 g/mol. The highest BCUT2D eigenvalue weighted by molar-refractivity contribution is 6.70. The van der Waals surface area contributed by atoms with Crippen molar-refractivity contribution in [1.29, 1.82) is 0 Å². The third-order valence-corrected chi connectivity index (χ3v) is 14.4.